The molecule has 3 aromatic carbocycles. The molecule has 1 heterocycles. The van der Waals surface area contributed by atoms with E-state index >= 15 is 0 Å². The molecule has 3 aromatic rings. The first kappa shape index (κ1) is 15.9. The van der Waals surface area contributed by atoms with Gasteiger partial charge in [-0.25, -0.2) is 0 Å². The summed E-state index contributed by atoms with van der Waals surface area (Å²) < 4.78 is 0. The zero-order valence-corrected chi connectivity index (χ0v) is 14.7. The van der Waals surface area contributed by atoms with Gasteiger partial charge in [-0.1, -0.05) is 48.5 Å². The number of anilines is 3. The Morgan fingerprint density at radius 3 is 1.72 bits per heavy atom. The van der Waals surface area contributed by atoms with E-state index in [4.69, 9.17) is 0 Å². The third kappa shape index (κ3) is 3.31. The number of likely N-dealkylation sites (tertiary alicyclic amines) is 1. The molecule has 1 unspecified atom stereocenters. The van der Waals surface area contributed by atoms with E-state index in [1.165, 1.54) is 42.0 Å². The molecule has 0 aromatic heterocycles. The van der Waals surface area contributed by atoms with Crippen LogP contribution in [0.15, 0.2) is 84.9 Å². The molecule has 0 saturated carbocycles. The predicted octanol–water partition coefficient (Wildman–Crippen LogP) is 5.92. The summed E-state index contributed by atoms with van der Waals surface area (Å²) in [5, 5.41) is 0. The topological polar surface area (TPSA) is 6.48 Å². The summed E-state index contributed by atoms with van der Waals surface area (Å²) in [6.07, 6.45) is 2.56. The van der Waals surface area contributed by atoms with Crippen molar-refractivity contribution in [3.05, 3.63) is 90.5 Å². The fourth-order valence-electron chi connectivity index (χ4n) is 3.78. The van der Waals surface area contributed by atoms with Crippen molar-refractivity contribution in [2.75, 3.05) is 18.5 Å². The number of nitrogens with zero attached hydrogens (tertiary/aromatic N) is 2. The monoisotopic (exact) mass is 328 g/mol. The van der Waals surface area contributed by atoms with Crippen molar-refractivity contribution < 1.29 is 0 Å². The zero-order valence-electron chi connectivity index (χ0n) is 14.7. The fourth-order valence-corrected chi connectivity index (χ4v) is 3.78. The summed E-state index contributed by atoms with van der Waals surface area (Å²) in [6.45, 7) is 1.20. The van der Waals surface area contributed by atoms with Crippen LogP contribution in [-0.2, 0) is 0 Å². The van der Waals surface area contributed by atoms with Gasteiger partial charge in [-0.2, -0.15) is 0 Å². The molecule has 1 aliphatic heterocycles. The van der Waals surface area contributed by atoms with Crippen molar-refractivity contribution in [1.29, 1.82) is 0 Å². The van der Waals surface area contributed by atoms with Crippen molar-refractivity contribution in [1.82, 2.24) is 4.90 Å². The van der Waals surface area contributed by atoms with Crippen LogP contribution < -0.4 is 4.90 Å². The van der Waals surface area contributed by atoms with Gasteiger partial charge in [0.15, 0.2) is 0 Å². The number of hydrogen-bond acceptors (Lipinski definition) is 2. The number of para-hydroxylation sites is 2. The Morgan fingerprint density at radius 1 is 0.720 bits per heavy atom. The average Bonchev–Trinajstić information content (AvgIpc) is 3.10. The van der Waals surface area contributed by atoms with Crippen molar-refractivity contribution in [3.8, 4) is 0 Å². The van der Waals surface area contributed by atoms with Crippen LogP contribution in [0.2, 0.25) is 0 Å². The summed E-state index contributed by atoms with van der Waals surface area (Å²) in [5.41, 5.74) is 4.98. The van der Waals surface area contributed by atoms with E-state index in [9.17, 15) is 0 Å². The third-order valence-corrected chi connectivity index (χ3v) is 5.09. The maximum Gasteiger partial charge on any atom is 0.0461 e. The fraction of sp³-hybridized carbons (Fsp3) is 0.217. The lowest BCUT2D eigenvalue weighted by molar-refractivity contribution is 0.317. The Labute approximate surface area is 150 Å². The Kier molecular flexibility index (Phi) is 4.53. The largest absolute Gasteiger partial charge is 0.311 e. The minimum Gasteiger partial charge on any atom is -0.311 e. The van der Waals surface area contributed by atoms with Crippen LogP contribution in [-0.4, -0.2) is 18.5 Å². The highest BCUT2D eigenvalue weighted by Gasteiger charge is 2.22. The number of hydrogen-bond donors (Lipinski definition) is 0. The van der Waals surface area contributed by atoms with Crippen molar-refractivity contribution in [2.45, 2.75) is 18.9 Å². The molecular formula is C23H24N2. The summed E-state index contributed by atoms with van der Waals surface area (Å²) >= 11 is 0. The molecule has 4 rings (SSSR count). The van der Waals surface area contributed by atoms with Gasteiger partial charge in [0.1, 0.15) is 0 Å². The van der Waals surface area contributed by atoms with E-state index in [0.717, 1.165) is 0 Å². The Hall–Kier alpha value is -2.58. The van der Waals surface area contributed by atoms with Gasteiger partial charge < -0.3 is 4.90 Å². The molecule has 2 heteroatoms. The molecular weight excluding hydrogens is 304 g/mol. The summed E-state index contributed by atoms with van der Waals surface area (Å²) in [5.74, 6) is 0. The molecule has 1 aliphatic rings. The average molecular weight is 328 g/mol. The van der Waals surface area contributed by atoms with Gasteiger partial charge in [0, 0.05) is 23.1 Å². The standard InChI is InChI=1S/C23H24N2/c1-24-18-8-13-23(24)19-14-16-22(17-15-19)25(20-9-4-2-5-10-20)21-11-6-3-7-12-21/h2-7,9-12,14-17,23H,8,13,18H2,1H3. The molecule has 1 atom stereocenters. The Morgan fingerprint density at radius 2 is 1.24 bits per heavy atom. The number of rotatable bonds is 4. The molecule has 0 N–H and O–H groups in total. The maximum absolute atomic E-state index is 2.46. The zero-order chi connectivity index (χ0) is 17.1. The SMILES string of the molecule is CN1CCCC1c1ccc(N(c2ccccc2)c2ccccc2)cc1. The van der Waals surface area contributed by atoms with Crippen LogP contribution in [0.3, 0.4) is 0 Å². The molecule has 0 amide bonds. The van der Waals surface area contributed by atoms with Crippen molar-refractivity contribution in [3.63, 3.8) is 0 Å². The summed E-state index contributed by atoms with van der Waals surface area (Å²) in [6, 6.07) is 30.8. The lowest BCUT2D eigenvalue weighted by atomic mass is 10.0. The molecule has 126 valence electrons. The van der Waals surface area contributed by atoms with Gasteiger partial charge in [0.25, 0.3) is 0 Å². The Balaban J connectivity index is 1.70. The lowest BCUT2D eigenvalue weighted by Gasteiger charge is -2.26. The highest BCUT2D eigenvalue weighted by atomic mass is 15.2. The normalized spacial score (nSPS) is 17.6. The van der Waals surface area contributed by atoms with E-state index < -0.39 is 0 Å². The van der Waals surface area contributed by atoms with Gasteiger partial charge in [0.05, 0.1) is 0 Å². The van der Waals surface area contributed by atoms with Gasteiger partial charge in [-0.05, 0) is 68.4 Å². The smallest absolute Gasteiger partial charge is 0.0461 e. The molecule has 1 fully saturated rings. The van der Waals surface area contributed by atoms with E-state index in [-0.39, 0.29) is 0 Å². The van der Waals surface area contributed by atoms with Gasteiger partial charge in [-0.15, -0.1) is 0 Å². The minimum absolute atomic E-state index is 0.566. The lowest BCUT2D eigenvalue weighted by Crippen LogP contribution is -2.17. The Bertz CT molecular complexity index is 757. The van der Waals surface area contributed by atoms with Crippen molar-refractivity contribution >= 4 is 17.1 Å². The molecule has 1 saturated heterocycles. The molecule has 25 heavy (non-hydrogen) atoms. The van der Waals surface area contributed by atoms with Crippen LogP contribution in [0.5, 0.6) is 0 Å². The first-order chi connectivity index (χ1) is 12.3. The van der Waals surface area contributed by atoms with E-state index in [0.29, 0.717) is 6.04 Å². The van der Waals surface area contributed by atoms with Gasteiger partial charge >= 0.3 is 0 Å². The van der Waals surface area contributed by atoms with Crippen LogP contribution in [0, 0.1) is 0 Å². The van der Waals surface area contributed by atoms with E-state index in [1.807, 2.05) is 0 Å². The first-order valence-electron chi connectivity index (χ1n) is 9.03. The molecule has 0 spiro atoms. The highest BCUT2D eigenvalue weighted by molar-refractivity contribution is 5.76. The summed E-state index contributed by atoms with van der Waals surface area (Å²) in [4.78, 5) is 4.77. The second-order valence-corrected chi connectivity index (χ2v) is 6.74. The van der Waals surface area contributed by atoms with Crippen LogP contribution in [0.4, 0.5) is 17.1 Å². The summed E-state index contributed by atoms with van der Waals surface area (Å²) in [7, 11) is 2.23. The second-order valence-electron chi connectivity index (χ2n) is 6.74. The van der Waals surface area contributed by atoms with E-state index in [2.05, 4.69) is 102 Å². The second kappa shape index (κ2) is 7.12. The van der Waals surface area contributed by atoms with Crippen molar-refractivity contribution in [2.24, 2.45) is 0 Å². The van der Waals surface area contributed by atoms with Crippen LogP contribution in [0.25, 0.3) is 0 Å². The molecule has 0 aliphatic carbocycles. The van der Waals surface area contributed by atoms with Crippen LogP contribution in [0.1, 0.15) is 24.4 Å². The van der Waals surface area contributed by atoms with E-state index in [1.54, 1.807) is 0 Å². The molecule has 0 bridgehead atoms. The molecule has 2 nitrogen and oxygen atoms in total. The maximum atomic E-state index is 2.46. The third-order valence-electron chi connectivity index (χ3n) is 5.09. The van der Waals surface area contributed by atoms with Crippen LogP contribution >= 0.6 is 0 Å². The quantitative estimate of drug-likeness (QED) is 0.586. The van der Waals surface area contributed by atoms with Gasteiger partial charge in [0.2, 0.25) is 0 Å². The number of benzene rings is 3. The van der Waals surface area contributed by atoms with Gasteiger partial charge in [-0.3, -0.25) is 4.90 Å². The highest BCUT2D eigenvalue weighted by Crippen LogP contribution is 2.36. The molecule has 0 radical (unpaired) electrons. The first-order valence-corrected chi connectivity index (χ1v) is 9.03. The predicted molar refractivity (Wildman–Crippen MR) is 106 cm³/mol. The minimum atomic E-state index is 0.566.